The van der Waals surface area contributed by atoms with Gasteiger partial charge in [-0.15, -0.1) is 0 Å². The SMILES string of the molecule is CNC(C)C1CCCCOC1. The van der Waals surface area contributed by atoms with Crippen molar-refractivity contribution < 1.29 is 4.74 Å². The molecular weight excluding hydrogens is 138 g/mol. The highest BCUT2D eigenvalue weighted by atomic mass is 16.5. The molecule has 0 bridgehead atoms. The summed E-state index contributed by atoms with van der Waals surface area (Å²) in [5.74, 6) is 0.725. The minimum Gasteiger partial charge on any atom is -0.381 e. The van der Waals surface area contributed by atoms with Crippen LogP contribution in [0, 0.1) is 5.92 Å². The van der Waals surface area contributed by atoms with Crippen LogP contribution in [0.4, 0.5) is 0 Å². The molecule has 11 heavy (non-hydrogen) atoms. The predicted molar refractivity (Wildman–Crippen MR) is 46.7 cm³/mol. The van der Waals surface area contributed by atoms with E-state index in [4.69, 9.17) is 4.74 Å². The van der Waals surface area contributed by atoms with Gasteiger partial charge in [0, 0.05) is 12.6 Å². The molecule has 0 spiro atoms. The molecular formula is C9H19NO. The van der Waals surface area contributed by atoms with Gasteiger partial charge in [0.2, 0.25) is 0 Å². The quantitative estimate of drug-likeness (QED) is 0.654. The summed E-state index contributed by atoms with van der Waals surface area (Å²) in [6.45, 7) is 4.15. The zero-order valence-corrected chi connectivity index (χ0v) is 7.60. The lowest BCUT2D eigenvalue weighted by molar-refractivity contribution is 0.105. The third kappa shape index (κ3) is 2.80. The Bertz CT molecular complexity index is 97.7. The maximum atomic E-state index is 5.49. The Balaban J connectivity index is 2.30. The number of hydrogen-bond acceptors (Lipinski definition) is 2. The summed E-state index contributed by atoms with van der Waals surface area (Å²) in [5.41, 5.74) is 0. The number of rotatable bonds is 2. The van der Waals surface area contributed by atoms with E-state index in [2.05, 4.69) is 12.2 Å². The second-order valence-corrected chi connectivity index (χ2v) is 3.41. The van der Waals surface area contributed by atoms with E-state index in [0.717, 1.165) is 19.1 Å². The van der Waals surface area contributed by atoms with Crippen molar-refractivity contribution in [1.82, 2.24) is 5.32 Å². The van der Waals surface area contributed by atoms with Gasteiger partial charge in [-0.3, -0.25) is 0 Å². The van der Waals surface area contributed by atoms with E-state index < -0.39 is 0 Å². The zero-order chi connectivity index (χ0) is 8.10. The number of ether oxygens (including phenoxy) is 1. The molecule has 0 aromatic heterocycles. The van der Waals surface area contributed by atoms with E-state index in [9.17, 15) is 0 Å². The van der Waals surface area contributed by atoms with E-state index in [-0.39, 0.29) is 0 Å². The number of hydrogen-bond donors (Lipinski definition) is 1. The molecule has 0 aromatic carbocycles. The summed E-state index contributed by atoms with van der Waals surface area (Å²) in [4.78, 5) is 0. The number of nitrogens with one attached hydrogen (secondary N) is 1. The molecule has 2 nitrogen and oxygen atoms in total. The van der Waals surface area contributed by atoms with Crippen molar-refractivity contribution in [2.75, 3.05) is 20.3 Å². The van der Waals surface area contributed by atoms with Crippen LogP contribution in [0.25, 0.3) is 0 Å². The molecule has 1 saturated heterocycles. The Morgan fingerprint density at radius 1 is 1.45 bits per heavy atom. The molecule has 2 unspecified atom stereocenters. The smallest absolute Gasteiger partial charge is 0.0509 e. The molecule has 1 N–H and O–H groups in total. The first-order chi connectivity index (χ1) is 5.34. The Morgan fingerprint density at radius 3 is 3.00 bits per heavy atom. The molecule has 0 amide bonds. The monoisotopic (exact) mass is 157 g/mol. The molecule has 1 aliphatic rings. The van der Waals surface area contributed by atoms with Gasteiger partial charge in [-0.2, -0.15) is 0 Å². The third-order valence-corrected chi connectivity index (χ3v) is 2.61. The van der Waals surface area contributed by atoms with Gasteiger partial charge in [-0.05, 0) is 32.7 Å². The fraction of sp³-hybridized carbons (Fsp3) is 1.00. The lowest BCUT2D eigenvalue weighted by Crippen LogP contribution is -2.32. The second-order valence-electron chi connectivity index (χ2n) is 3.41. The Hall–Kier alpha value is -0.0800. The Labute approximate surface area is 69.3 Å². The largest absolute Gasteiger partial charge is 0.381 e. The third-order valence-electron chi connectivity index (χ3n) is 2.61. The summed E-state index contributed by atoms with van der Waals surface area (Å²) in [6.07, 6.45) is 3.89. The zero-order valence-electron chi connectivity index (χ0n) is 7.60. The average Bonchev–Trinajstić information content (AvgIpc) is 2.30. The highest BCUT2D eigenvalue weighted by Crippen LogP contribution is 2.16. The molecule has 2 atom stereocenters. The Kier molecular flexibility index (Phi) is 3.87. The molecule has 1 fully saturated rings. The van der Waals surface area contributed by atoms with Crippen LogP contribution in [0.5, 0.6) is 0 Å². The van der Waals surface area contributed by atoms with Crippen LogP contribution in [0.3, 0.4) is 0 Å². The van der Waals surface area contributed by atoms with Crippen LogP contribution in [0.15, 0.2) is 0 Å². The van der Waals surface area contributed by atoms with Crippen molar-refractivity contribution in [3.05, 3.63) is 0 Å². The topological polar surface area (TPSA) is 21.3 Å². The van der Waals surface area contributed by atoms with Crippen LogP contribution >= 0.6 is 0 Å². The van der Waals surface area contributed by atoms with Gasteiger partial charge in [-0.25, -0.2) is 0 Å². The lowest BCUT2D eigenvalue weighted by Gasteiger charge is -2.20. The van der Waals surface area contributed by atoms with Crippen molar-refractivity contribution in [2.45, 2.75) is 32.2 Å². The molecule has 1 aliphatic heterocycles. The van der Waals surface area contributed by atoms with Gasteiger partial charge in [0.1, 0.15) is 0 Å². The molecule has 1 heterocycles. The van der Waals surface area contributed by atoms with Crippen molar-refractivity contribution >= 4 is 0 Å². The van der Waals surface area contributed by atoms with Crippen LogP contribution in [0.2, 0.25) is 0 Å². The molecule has 0 aromatic rings. The summed E-state index contributed by atoms with van der Waals surface area (Å²) in [5, 5.41) is 3.28. The first kappa shape index (κ1) is 9.01. The normalized spacial score (nSPS) is 29.5. The minimum absolute atomic E-state index is 0.605. The van der Waals surface area contributed by atoms with E-state index in [1.165, 1.54) is 19.3 Å². The van der Waals surface area contributed by atoms with Gasteiger partial charge in [0.25, 0.3) is 0 Å². The van der Waals surface area contributed by atoms with Crippen LogP contribution in [-0.2, 0) is 4.74 Å². The van der Waals surface area contributed by atoms with Crippen molar-refractivity contribution in [1.29, 1.82) is 0 Å². The van der Waals surface area contributed by atoms with E-state index in [0.29, 0.717) is 6.04 Å². The molecule has 0 radical (unpaired) electrons. The predicted octanol–water partition coefficient (Wildman–Crippen LogP) is 1.41. The van der Waals surface area contributed by atoms with E-state index in [1.54, 1.807) is 0 Å². The van der Waals surface area contributed by atoms with Crippen LogP contribution < -0.4 is 5.32 Å². The first-order valence-corrected chi connectivity index (χ1v) is 4.59. The minimum atomic E-state index is 0.605. The second kappa shape index (κ2) is 4.73. The summed E-state index contributed by atoms with van der Waals surface area (Å²) < 4.78 is 5.49. The molecule has 1 rings (SSSR count). The van der Waals surface area contributed by atoms with Gasteiger partial charge < -0.3 is 10.1 Å². The van der Waals surface area contributed by atoms with Crippen molar-refractivity contribution in [3.8, 4) is 0 Å². The first-order valence-electron chi connectivity index (χ1n) is 4.59. The Morgan fingerprint density at radius 2 is 2.27 bits per heavy atom. The maximum Gasteiger partial charge on any atom is 0.0509 e. The molecule has 66 valence electrons. The average molecular weight is 157 g/mol. The van der Waals surface area contributed by atoms with Crippen molar-refractivity contribution in [2.24, 2.45) is 5.92 Å². The fourth-order valence-corrected chi connectivity index (χ4v) is 1.56. The highest BCUT2D eigenvalue weighted by Gasteiger charge is 2.17. The highest BCUT2D eigenvalue weighted by molar-refractivity contribution is 4.72. The van der Waals surface area contributed by atoms with Crippen LogP contribution in [-0.4, -0.2) is 26.3 Å². The van der Waals surface area contributed by atoms with E-state index >= 15 is 0 Å². The van der Waals surface area contributed by atoms with Gasteiger partial charge in [0.15, 0.2) is 0 Å². The summed E-state index contributed by atoms with van der Waals surface area (Å²) in [7, 11) is 2.02. The molecule has 0 aliphatic carbocycles. The maximum absolute atomic E-state index is 5.49. The lowest BCUT2D eigenvalue weighted by atomic mass is 9.97. The van der Waals surface area contributed by atoms with Gasteiger partial charge in [0.05, 0.1) is 6.61 Å². The van der Waals surface area contributed by atoms with E-state index in [1.807, 2.05) is 7.05 Å². The molecule has 2 heteroatoms. The fourth-order valence-electron chi connectivity index (χ4n) is 1.56. The van der Waals surface area contributed by atoms with Crippen molar-refractivity contribution in [3.63, 3.8) is 0 Å². The van der Waals surface area contributed by atoms with Gasteiger partial charge >= 0.3 is 0 Å². The molecule has 0 saturated carbocycles. The van der Waals surface area contributed by atoms with Crippen LogP contribution in [0.1, 0.15) is 26.2 Å². The summed E-state index contributed by atoms with van der Waals surface area (Å²) in [6, 6.07) is 0.605. The van der Waals surface area contributed by atoms with Gasteiger partial charge in [-0.1, -0.05) is 6.42 Å². The summed E-state index contributed by atoms with van der Waals surface area (Å²) >= 11 is 0. The standard InChI is InChI=1S/C9H19NO/c1-8(10-2)9-5-3-4-6-11-7-9/h8-10H,3-7H2,1-2H3.